The average Bonchev–Trinajstić information content (AvgIpc) is 2.25. The van der Waals surface area contributed by atoms with Gasteiger partial charge < -0.3 is 11.1 Å². The topological polar surface area (TPSA) is 89.3 Å². The van der Waals surface area contributed by atoms with Gasteiger partial charge in [0.2, 0.25) is 5.91 Å². The minimum atomic E-state index is -3.49. The Kier molecular flexibility index (Phi) is 5.44. The maximum atomic E-state index is 12.9. The second-order valence-corrected chi connectivity index (χ2v) is 6.60. The third kappa shape index (κ3) is 6.30. The molecule has 1 aromatic carbocycles. The summed E-state index contributed by atoms with van der Waals surface area (Å²) in [6.07, 6.45) is 0.301. The largest absolute Gasteiger partial charge is 0.328 e. The van der Waals surface area contributed by atoms with Gasteiger partial charge in [0, 0.05) is 11.7 Å². The Morgan fingerprint density at radius 3 is 2.74 bits per heavy atom. The van der Waals surface area contributed by atoms with Gasteiger partial charge in [-0.15, -0.1) is 0 Å². The van der Waals surface area contributed by atoms with Gasteiger partial charge in [-0.05, 0) is 31.5 Å². The summed E-state index contributed by atoms with van der Waals surface area (Å²) in [5, 5.41) is 2.34. The Labute approximate surface area is 111 Å². The third-order valence-corrected chi connectivity index (χ3v) is 3.90. The van der Waals surface area contributed by atoms with Gasteiger partial charge in [0.1, 0.15) is 11.6 Å². The van der Waals surface area contributed by atoms with E-state index in [0.717, 1.165) is 6.07 Å². The second-order valence-electron chi connectivity index (χ2n) is 4.42. The van der Waals surface area contributed by atoms with Crippen LogP contribution in [0.15, 0.2) is 24.3 Å². The lowest BCUT2D eigenvalue weighted by Crippen LogP contribution is -2.27. The fourth-order valence-electron chi connectivity index (χ4n) is 1.40. The van der Waals surface area contributed by atoms with Crippen LogP contribution >= 0.6 is 0 Å². The third-order valence-electron chi connectivity index (χ3n) is 2.34. The zero-order valence-corrected chi connectivity index (χ0v) is 11.4. The van der Waals surface area contributed by atoms with E-state index < -0.39 is 27.3 Å². The number of rotatable bonds is 6. The van der Waals surface area contributed by atoms with Gasteiger partial charge in [-0.1, -0.05) is 6.07 Å². The number of nitrogens with one attached hydrogen (secondary N) is 1. The molecule has 0 aliphatic carbocycles. The van der Waals surface area contributed by atoms with Crippen LogP contribution in [0, 0.1) is 5.82 Å². The van der Waals surface area contributed by atoms with Crippen molar-refractivity contribution in [3.63, 3.8) is 0 Å². The Morgan fingerprint density at radius 2 is 2.16 bits per heavy atom. The summed E-state index contributed by atoms with van der Waals surface area (Å²) >= 11 is 0. The molecule has 0 aliphatic heterocycles. The number of hydrogen-bond acceptors (Lipinski definition) is 4. The number of carbonyl (C=O) groups is 1. The minimum Gasteiger partial charge on any atom is -0.328 e. The van der Waals surface area contributed by atoms with E-state index in [2.05, 4.69) is 5.32 Å². The van der Waals surface area contributed by atoms with E-state index in [1.165, 1.54) is 18.2 Å². The van der Waals surface area contributed by atoms with Crippen LogP contribution in [0.5, 0.6) is 0 Å². The van der Waals surface area contributed by atoms with Crippen LogP contribution < -0.4 is 11.1 Å². The van der Waals surface area contributed by atoms with Gasteiger partial charge in [0.05, 0.1) is 5.75 Å². The first-order valence-corrected chi connectivity index (χ1v) is 7.62. The van der Waals surface area contributed by atoms with Crippen molar-refractivity contribution in [3.8, 4) is 0 Å². The van der Waals surface area contributed by atoms with Crippen LogP contribution in [0.2, 0.25) is 0 Å². The minimum absolute atomic E-state index is 0.138. The molecule has 0 saturated carbocycles. The lowest BCUT2D eigenvalue weighted by atomic mass is 10.3. The molecule has 5 nitrogen and oxygen atoms in total. The van der Waals surface area contributed by atoms with Crippen molar-refractivity contribution in [1.29, 1.82) is 0 Å². The van der Waals surface area contributed by atoms with E-state index >= 15 is 0 Å². The van der Waals surface area contributed by atoms with Crippen LogP contribution in [-0.4, -0.2) is 31.9 Å². The Hall–Kier alpha value is -1.47. The summed E-state index contributed by atoms with van der Waals surface area (Å²) in [5.41, 5.74) is 5.69. The van der Waals surface area contributed by atoms with Crippen molar-refractivity contribution in [2.45, 2.75) is 19.4 Å². The Bertz CT molecular complexity index is 544. The number of amides is 1. The molecular formula is C12H17FN2O3S. The first kappa shape index (κ1) is 15.6. The van der Waals surface area contributed by atoms with Crippen LogP contribution in [0.4, 0.5) is 10.1 Å². The van der Waals surface area contributed by atoms with Crippen LogP contribution in [0.3, 0.4) is 0 Å². The van der Waals surface area contributed by atoms with Crippen molar-refractivity contribution in [1.82, 2.24) is 0 Å². The summed E-state index contributed by atoms with van der Waals surface area (Å²) < 4.78 is 36.1. The Balaban J connectivity index is 2.55. The van der Waals surface area contributed by atoms with Crippen LogP contribution in [-0.2, 0) is 14.6 Å². The van der Waals surface area contributed by atoms with Crippen molar-refractivity contribution < 1.29 is 17.6 Å². The average molecular weight is 288 g/mol. The normalized spacial score (nSPS) is 13.0. The van der Waals surface area contributed by atoms with Gasteiger partial charge in [-0.2, -0.15) is 0 Å². The summed E-state index contributed by atoms with van der Waals surface area (Å²) in [6, 6.07) is 5.02. The predicted molar refractivity (Wildman–Crippen MR) is 71.9 cm³/mol. The molecule has 106 valence electrons. The molecule has 0 aliphatic rings. The highest BCUT2D eigenvalue weighted by Gasteiger charge is 2.17. The molecule has 3 N–H and O–H groups in total. The molecule has 1 rings (SSSR count). The van der Waals surface area contributed by atoms with Gasteiger partial charge >= 0.3 is 0 Å². The maximum absolute atomic E-state index is 12.9. The van der Waals surface area contributed by atoms with Crippen molar-refractivity contribution in [2.75, 3.05) is 16.8 Å². The van der Waals surface area contributed by atoms with E-state index in [4.69, 9.17) is 5.73 Å². The highest BCUT2D eigenvalue weighted by atomic mass is 32.2. The van der Waals surface area contributed by atoms with Crippen LogP contribution in [0.1, 0.15) is 13.3 Å². The molecule has 0 saturated heterocycles. The number of benzene rings is 1. The standard InChI is InChI=1S/C12H17FN2O3S/c1-9(14)5-6-19(17,18)8-12(16)15-11-4-2-3-10(13)7-11/h2-4,7,9H,5-6,8,14H2,1H3,(H,15,16). The first-order chi connectivity index (χ1) is 8.78. The fraction of sp³-hybridized carbons (Fsp3) is 0.417. The molecule has 1 unspecified atom stereocenters. The summed E-state index contributed by atoms with van der Waals surface area (Å²) in [6.45, 7) is 1.70. The highest BCUT2D eigenvalue weighted by Crippen LogP contribution is 2.09. The van der Waals surface area contributed by atoms with E-state index in [0.29, 0.717) is 6.42 Å². The molecule has 1 atom stereocenters. The number of anilines is 1. The highest BCUT2D eigenvalue weighted by molar-refractivity contribution is 7.92. The van der Waals surface area contributed by atoms with Gasteiger partial charge in [-0.3, -0.25) is 4.79 Å². The number of halogens is 1. The first-order valence-electron chi connectivity index (χ1n) is 5.80. The lowest BCUT2D eigenvalue weighted by Gasteiger charge is -2.07. The van der Waals surface area contributed by atoms with E-state index in [1.54, 1.807) is 6.92 Å². The molecule has 19 heavy (non-hydrogen) atoms. The SMILES string of the molecule is CC(N)CCS(=O)(=O)CC(=O)Nc1cccc(F)c1. The second kappa shape index (κ2) is 6.63. The van der Waals surface area contributed by atoms with Crippen molar-refractivity contribution >= 4 is 21.4 Å². The molecule has 0 aromatic heterocycles. The maximum Gasteiger partial charge on any atom is 0.239 e. The van der Waals surface area contributed by atoms with Gasteiger partial charge in [0.15, 0.2) is 9.84 Å². The van der Waals surface area contributed by atoms with E-state index in [9.17, 15) is 17.6 Å². The van der Waals surface area contributed by atoms with Crippen LogP contribution in [0.25, 0.3) is 0 Å². The summed E-state index contributed by atoms with van der Waals surface area (Å²) in [4.78, 5) is 11.5. The molecule has 0 heterocycles. The number of sulfone groups is 1. The van der Waals surface area contributed by atoms with Gasteiger partial charge in [0.25, 0.3) is 0 Å². The number of nitrogens with two attached hydrogens (primary N) is 1. The quantitative estimate of drug-likeness (QED) is 0.814. The number of hydrogen-bond donors (Lipinski definition) is 2. The molecule has 0 spiro atoms. The zero-order valence-electron chi connectivity index (χ0n) is 10.6. The lowest BCUT2D eigenvalue weighted by molar-refractivity contribution is -0.113. The van der Waals surface area contributed by atoms with Crippen molar-refractivity contribution in [3.05, 3.63) is 30.1 Å². The molecule has 0 bridgehead atoms. The van der Waals surface area contributed by atoms with Gasteiger partial charge in [-0.25, -0.2) is 12.8 Å². The molecule has 0 radical (unpaired) electrons. The smallest absolute Gasteiger partial charge is 0.239 e. The monoisotopic (exact) mass is 288 g/mol. The molecule has 1 aromatic rings. The predicted octanol–water partition coefficient (Wildman–Crippen LogP) is 0.916. The molecule has 0 fully saturated rings. The van der Waals surface area contributed by atoms with E-state index in [-0.39, 0.29) is 17.5 Å². The number of carbonyl (C=O) groups excluding carboxylic acids is 1. The molecule has 1 amide bonds. The molecule has 7 heteroatoms. The summed E-state index contributed by atoms with van der Waals surface area (Å²) in [5.74, 6) is -1.95. The Morgan fingerprint density at radius 1 is 1.47 bits per heavy atom. The summed E-state index contributed by atoms with van der Waals surface area (Å²) in [7, 11) is -3.49. The van der Waals surface area contributed by atoms with E-state index in [1.807, 2.05) is 0 Å². The fourth-order valence-corrected chi connectivity index (χ4v) is 2.75. The molecular weight excluding hydrogens is 271 g/mol. The van der Waals surface area contributed by atoms with Crippen molar-refractivity contribution in [2.24, 2.45) is 5.73 Å². The zero-order chi connectivity index (χ0) is 14.5.